The first-order valence-corrected chi connectivity index (χ1v) is 6.25. The molecule has 3 nitrogen and oxygen atoms in total. The van der Waals surface area contributed by atoms with Crippen molar-refractivity contribution in [1.82, 2.24) is 0 Å². The van der Waals surface area contributed by atoms with Crippen LogP contribution in [0.5, 0.6) is 0 Å². The minimum Gasteiger partial charge on any atom is -0.480 e. The van der Waals surface area contributed by atoms with E-state index < -0.39 is 11.5 Å². The van der Waals surface area contributed by atoms with E-state index in [-0.39, 0.29) is 5.82 Å². The molecule has 4 heteroatoms. The Morgan fingerprint density at radius 3 is 2.72 bits per heavy atom. The molecule has 0 heterocycles. The Labute approximate surface area is 107 Å². The van der Waals surface area contributed by atoms with E-state index in [9.17, 15) is 14.3 Å². The molecule has 0 radical (unpaired) electrons. The third kappa shape index (κ3) is 4.02. The van der Waals surface area contributed by atoms with Gasteiger partial charge in [-0.15, -0.1) is 0 Å². The monoisotopic (exact) mass is 253 g/mol. The number of carboxylic acid groups (broad SMARTS) is 1. The lowest BCUT2D eigenvalue weighted by molar-refractivity contribution is -0.142. The highest BCUT2D eigenvalue weighted by Gasteiger charge is 2.32. The highest BCUT2D eigenvalue weighted by Crippen LogP contribution is 2.22. The minimum atomic E-state index is -1.05. The molecule has 0 amide bonds. The van der Waals surface area contributed by atoms with Crippen molar-refractivity contribution in [3.8, 4) is 0 Å². The number of hydrogen-bond donors (Lipinski definition) is 2. The lowest BCUT2D eigenvalue weighted by Crippen LogP contribution is -2.43. The third-order valence-corrected chi connectivity index (χ3v) is 3.00. The molecule has 0 saturated carbocycles. The van der Waals surface area contributed by atoms with Crippen LogP contribution < -0.4 is 5.32 Å². The van der Waals surface area contributed by atoms with Gasteiger partial charge in [0.25, 0.3) is 0 Å². The van der Waals surface area contributed by atoms with Crippen molar-refractivity contribution >= 4 is 11.7 Å². The SMILES string of the molecule is CCCCCC(C)(Nc1cccc(F)c1)C(=O)O. The molecule has 0 aromatic heterocycles. The van der Waals surface area contributed by atoms with E-state index in [1.165, 1.54) is 12.1 Å². The molecule has 100 valence electrons. The predicted molar refractivity (Wildman–Crippen MR) is 70.2 cm³/mol. The lowest BCUT2D eigenvalue weighted by atomic mass is 9.94. The Balaban J connectivity index is 2.76. The summed E-state index contributed by atoms with van der Waals surface area (Å²) in [5.41, 5.74) is -0.556. The summed E-state index contributed by atoms with van der Waals surface area (Å²) in [7, 11) is 0. The van der Waals surface area contributed by atoms with E-state index in [0.717, 1.165) is 19.3 Å². The Kier molecular flexibility index (Phi) is 5.13. The second-order valence-corrected chi connectivity index (χ2v) is 4.73. The number of benzene rings is 1. The van der Waals surface area contributed by atoms with Gasteiger partial charge in [0.1, 0.15) is 11.4 Å². The van der Waals surface area contributed by atoms with E-state index >= 15 is 0 Å². The first-order chi connectivity index (χ1) is 8.48. The Hall–Kier alpha value is -1.58. The van der Waals surface area contributed by atoms with E-state index in [1.54, 1.807) is 19.1 Å². The number of hydrogen-bond acceptors (Lipinski definition) is 2. The summed E-state index contributed by atoms with van der Waals surface area (Å²) < 4.78 is 13.1. The summed E-state index contributed by atoms with van der Waals surface area (Å²) in [5.74, 6) is -1.29. The number of anilines is 1. The summed E-state index contributed by atoms with van der Waals surface area (Å²) in [5, 5.41) is 12.2. The Morgan fingerprint density at radius 2 is 2.17 bits per heavy atom. The first-order valence-electron chi connectivity index (χ1n) is 6.25. The van der Waals surface area contributed by atoms with Crippen molar-refractivity contribution in [3.05, 3.63) is 30.1 Å². The molecule has 1 rings (SSSR count). The van der Waals surface area contributed by atoms with Crippen LogP contribution in [0.1, 0.15) is 39.5 Å². The molecule has 1 aromatic rings. The smallest absolute Gasteiger partial charge is 0.329 e. The van der Waals surface area contributed by atoms with Gasteiger partial charge in [-0.2, -0.15) is 0 Å². The molecular formula is C14H20FNO2. The van der Waals surface area contributed by atoms with Crippen LogP contribution in [0.2, 0.25) is 0 Å². The topological polar surface area (TPSA) is 49.3 Å². The fraction of sp³-hybridized carbons (Fsp3) is 0.500. The number of halogens is 1. The molecule has 1 unspecified atom stereocenters. The second kappa shape index (κ2) is 6.38. The largest absolute Gasteiger partial charge is 0.480 e. The number of nitrogens with one attached hydrogen (secondary N) is 1. The average Bonchev–Trinajstić information content (AvgIpc) is 2.29. The summed E-state index contributed by atoms with van der Waals surface area (Å²) in [4.78, 5) is 11.3. The summed E-state index contributed by atoms with van der Waals surface area (Å²) in [6.45, 7) is 3.70. The minimum absolute atomic E-state index is 0.374. The highest BCUT2D eigenvalue weighted by molar-refractivity contribution is 5.82. The molecule has 0 aliphatic rings. The molecule has 0 saturated heterocycles. The number of carboxylic acids is 1. The number of rotatable bonds is 7. The van der Waals surface area contributed by atoms with Gasteiger partial charge >= 0.3 is 5.97 Å². The fourth-order valence-corrected chi connectivity index (χ4v) is 1.84. The molecule has 0 aliphatic heterocycles. The van der Waals surface area contributed by atoms with Gasteiger partial charge in [-0.25, -0.2) is 9.18 Å². The van der Waals surface area contributed by atoms with Crippen LogP contribution in [-0.2, 0) is 4.79 Å². The van der Waals surface area contributed by atoms with Crippen molar-refractivity contribution in [2.45, 2.75) is 45.1 Å². The van der Waals surface area contributed by atoms with Gasteiger partial charge in [0.05, 0.1) is 0 Å². The Bertz CT molecular complexity index is 409. The van der Waals surface area contributed by atoms with Gasteiger partial charge in [-0.1, -0.05) is 32.3 Å². The third-order valence-electron chi connectivity index (χ3n) is 3.00. The van der Waals surface area contributed by atoms with Crippen LogP contribution in [0.4, 0.5) is 10.1 Å². The van der Waals surface area contributed by atoms with Gasteiger partial charge in [-0.05, 0) is 31.5 Å². The van der Waals surface area contributed by atoms with E-state index in [0.29, 0.717) is 12.1 Å². The lowest BCUT2D eigenvalue weighted by Gasteiger charge is -2.27. The fourth-order valence-electron chi connectivity index (χ4n) is 1.84. The van der Waals surface area contributed by atoms with Gasteiger partial charge in [0.2, 0.25) is 0 Å². The summed E-state index contributed by atoms with van der Waals surface area (Å²) >= 11 is 0. The zero-order valence-corrected chi connectivity index (χ0v) is 10.9. The molecule has 0 spiro atoms. The van der Waals surface area contributed by atoms with Crippen molar-refractivity contribution < 1.29 is 14.3 Å². The molecule has 2 N–H and O–H groups in total. The van der Waals surface area contributed by atoms with Crippen LogP contribution in [0, 0.1) is 5.82 Å². The molecule has 0 aliphatic carbocycles. The van der Waals surface area contributed by atoms with Crippen LogP contribution >= 0.6 is 0 Å². The maximum Gasteiger partial charge on any atom is 0.329 e. The van der Waals surface area contributed by atoms with Crippen LogP contribution in [0.15, 0.2) is 24.3 Å². The first kappa shape index (κ1) is 14.5. The Morgan fingerprint density at radius 1 is 1.44 bits per heavy atom. The maximum atomic E-state index is 13.1. The zero-order valence-electron chi connectivity index (χ0n) is 10.9. The quantitative estimate of drug-likeness (QED) is 0.729. The predicted octanol–water partition coefficient (Wildman–Crippen LogP) is 3.66. The van der Waals surface area contributed by atoms with E-state index in [1.807, 2.05) is 0 Å². The van der Waals surface area contributed by atoms with Crippen molar-refractivity contribution in [2.24, 2.45) is 0 Å². The molecule has 0 bridgehead atoms. The van der Waals surface area contributed by atoms with Gasteiger partial charge < -0.3 is 10.4 Å². The molecule has 0 fully saturated rings. The molecular weight excluding hydrogens is 233 g/mol. The van der Waals surface area contributed by atoms with Crippen molar-refractivity contribution in [1.29, 1.82) is 0 Å². The summed E-state index contributed by atoms with van der Waals surface area (Å²) in [6.07, 6.45) is 3.39. The normalized spacial score (nSPS) is 13.9. The zero-order chi connectivity index (χ0) is 13.6. The number of aliphatic carboxylic acids is 1. The van der Waals surface area contributed by atoms with Crippen molar-refractivity contribution in [2.75, 3.05) is 5.32 Å². The number of carbonyl (C=O) groups is 1. The molecule has 1 aromatic carbocycles. The van der Waals surface area contributed by atoms with Crippen molar-refractivity contribution in [3.63, 3.8) is 0 Å². The average molecular weight is 253 g/mol. The van der Waals surface area contributed by atoms with E-state index in [2.05, 4.69) is 12.2 Å². The van der Waals surface area contributed by atoms with E-state index in [4.69, 9.17) is 0 Å². The van der Waals surface area contributed by atoms with Gasteiger partial charge in [0, 0.05) is 5.69 Å². The highest BCUT2D eigenvalue weighted by atomic mass is 19.1. The van der Waals surface area contributed by atoms with Crippen LogP contribution in [-0.4, -0.2) is 16.6 Å². The maximum absolute atomic E-state index is 13.1. The van der Waals surface area contributed by atoms with Crippen LogP contribution in [0.3, 0.4) is 0 Å². The number of unbranched alkanes of at least 4 members (excludes halogenated alkanes) is 2. The van der Waals surface area contributed by atoms with Crippen LogP contribution in [0.25, 0.3) is 0 Å². The molecule has 1 atom stereocenters. The second-order valence-electron chi connectivity index (χ2n) is 4.73. The molecule has 18 heavy (non-hydrogen) atoms. The summed E-state index contributed by atoms with van der Waals surface area (Å²) in [6, 6.07) is 5.87. The van der Waals surface area contributed by atoms with Gasteiger partial charge in [-0.3, -0.25) is 0 Å². The standard InChI is InChI=1S/C14H20FNO2/c1-3-4-5-9-14(2,13(17)18)16-12-8-6-7-11(15)10-12/h6-8,10,16H,3-5,9H2,1-2H3,(H,17,18). The van der Waals surface area contributed by atoms with Gasteiger partial charge in [0.15, 0.2) is 0 Å².